The SMILES string of the molecule is CN1CCN(c2ccc(NN)cc2)CC1. The summed E-state index contributed by atoms with van der Waals surface area (Å²) in [5.41, 5.74) is 4.87. The van der Waals surface area contributed by atoms with Crippen LogP contribution in [0.4, 0.5) is 11.4 Å². The summed E-state index contributed by atoms with van der Waals surface area (Å²) in [6.07, 6.45) is 0. The number of hydrazine groups is 1. The van der Waals surface area contributed by atoms with E-state index in [1.165, 1.54) is 5.69 Å². The van der Waals surface area contributed by atoms with Crippen LogP contribution < -0.4 is 16.2 Å². The van der Waals surface area contributed by atoms with E-state index in [0.717, 1.165) is 31.9 Å². The molecule has 0 spiro atoms. The molecule has 1 heterocycles. The fraction of sp³-hybridized carbons (Fsp3) is 0.455. The third-order valence-electron chi connectivity index (χ3n) is 2.90. The molecule has 4 nitrogen and oxygen atoms in total. The van der Waals surface area contributed by atoms with E-state index in [4.69, 9.17) is 5.84 Å². The van der Waals surface area contributed by atoms with Crippen LogP contribution in [0.1, 0.15) is 0 Å². The van der Waals surface area contributed by atoms with Crippen LogP contribution >= 0.6 is 0 Å². The molecule has 1 aliphatic rings. The Labute approximate surface area is 90.6 Å². The van der Waals surface area contributed by atoms with Gasteiger partial charge < -0.3 is 15.2 Å². The van der Waals surface area contributed by atoms with Gasteiger partial charge in [-0.25, -0.2) is 0 Å². The number of nitrogen functional groups attached to an aromatic ring is 1. The molecule has 0 aliphatic carbocycles. The largest absolute Gasteiger partial charge is 0.369 e. The highest BCUT2D eigenvalue weighted by molar-refractivity contribution is 5.54. The van der Waals surface area contributed by atoms with Crippen molar-refractivity contribution in [2.45, 2.75) is 0 Å². The summed E-state index contributed by atoms with van der Waals surface area (Å²) in [7, 11) is 2.17. The van der Waals surface area contributed by atoms with Crippen molar-refractivity contribution >= 4 is 11.4 Å². The number of likely N-dealkylation sites (N-methyl/N-ethyl adjacent to an activating group) is 1. The van der Waals surface area contributed by atoms with Gasteiger partial charge in [-0.15, -0.1) is 0 Å². The van der Waals surface area contributed by atoms with E-state index in [-0.39, 0.29) is 0 Å². The highest BCUT2D eigenvalue weighted by Gasteiger charge is 2.13. The van der Waals surface area contributed by atoms with Crippen molar-refractivity contribution in [1.29, 1.82) is 0 Å². The number of rotatable bonds is 2. The minimum atomic E-state index is 0.952. The van der Waals surface area contributed by atoms with Crippen LogP contribution in [0.15, 0.2) is 24.3 Å². The molecular formula is C11H18N4. The van der Waals surface area contributed by atoms with Crippen molar-refractivity contribution in [1.82, 2.24) is 4.90 Å². The molecule has 1 aliphatic heterocycles. The van der Waals surface area contributed by atoms with Crippen LogP contribution in [-0.4, -0.2) is 38.1 Å². The average Bonchev–Trinajstić information content (AvgIpc) is 2.30. The van der Waals surface area contributed by atoms with E-state index in [9.17, 15) is 0 Å². The quantitative estimate of drug-likeness (QED) is 0.553. The molecule has 15 heavy (non-hydrogen) atoms. The maximum Gasteiger partial charge on any atom is 0.0486 e. The van der Waals surface area contributed by atoms with Crippen LogP contribution in [0, 0.1) is 0 Å². The van der Waals surface area contributed by atoms with Gasteiger partial charge in [0.05, 0.1) is 0 Å². The lowest BCUT2D eigenvalue weighted by atomic mass is 10.2. The fourth-order valence-corrected chi connectivity index (χ4v) is 1.83. The monoisotopic (exact) mass is 206 g/mol. The van der Waals surface area contributed by atoms with Gasteiger partial charge in [-0.1, -0.05) is 0 Å². The van der Waals surface area contributed by atoms with Crippen molar-refractivity contribution in [3.63, 3.8) is 0 Å². The van der Waals surface area contributed by atoms with Gasteiger partial charge in [0.25, 0.3) is 0 Å². The third-order valence-corrected chi connectivity index (χ3v) is 2.90. The third kappa shape index (κ3) is 2.40. The molecule has 2 rings (SSSR count). The Balaban J connectivity index is 2.03. The normalized spacial score (nSPS) is 17.9. The molecule has 4 heteroatoms. The molecule has 0 amide bonds. The topological polar surface area (TPSA) is 44.5 Å². The van der Waals surface area contributed by atoms with Gasteiger partial charge in [0.15, 0.2) is 0 Å². The van der Waals surface area contributed by atoms with Crippen LogP contribution in [0.2, 0.25) is 0 Å². The van der Waals surface area contributed by atoms with E-state index in [2.05, 4.69) is 34.4 Å². The summed E-state index contributed by atoms with van der Waals surface area (Å²) in [6.45, 7) is 4.48. The van der Waals surface area contributed by atoms with Crippen molar-refractivity contribution in [2.24, 2.45) is 5.84 Å². The zero-order valence-corrected chi connectivity index (χ0v) is 9.11. The number of hydrogen-bond donors (Lipinski definition) is 2. The Morgan fingerprint density at radius 2 is 1.67 bits per heavy atom. The molecule has 1 aromatic rings. The maximum absolute atomic E-state index is 5.33. The first-order valence-electron chi connectivity index (χ1n) is 5.30. The highest BCUT2D eigenvalue weighted by atomic mass is 15.2. The van der Waals surface area contributed by atoms with Gasteiger partial charge in [-0.2, -0.15) is 0 Å². The van der Waals surface area contributed by atoms with Gasteiger partial charge >= 0.3 is 0 Å². The molecule has 0 atom stereocenters. The van der Waals surface area contributed by atoms with Gasteiger partial charge in [0, 0.05) is 37.6 Å². The summed E-state index contributed by atoms with van der Waals surface area (Å²) in [5.74, 6) is 5.33. The smallest absolute Gasteiger partial charge is 0.0486 e. The first-order valence-corrected chi connectivity index (χ1v) is 5.30. The van der Waals surface area contributed by atoms with Crippen molar-refractivity contribution in [3.8, 4) is 0 Å². The van der Waals surface area contributed by atoms with Crippen LogP contribution in [0.5, 0.6) is 0 Å². The Kier molecular flexibility index (Phi) is 3.08. The van der Waals surface area contributed by atoms with Gasteiger partial charge in [0.1, 0.15) is 0 Å². The van der Waals surface area contributed by atoms with E-state index >= 15 is 0 Å². The zero-order chi connectivity index (χ0) is 10.7. The van der Waals surface area contributed by atoms with Crippen molar-refractivity contribution < 1.29 is 0 Å². The number of anilines is 2. The molecule has 1 fully saturated rings. The van der Waals surface area contributed by atoms with Crippen molar-refractivity contribution in [2.75, 3.05) is 43.6 Å². The predicted molar refractivity (Wildman–Crippen MR) is 64.0 cm³/mol. The average molecular weight is 206 g/mol. The summed E-state index contributed by atoms with van der Waals surface area (Å²) in [4.78, 5) is 4.76. The number of nitrogens with two attached hydrogens (primary N) is 1. The maximum atomic E-state index is 5.33. The first kappa shape index (κ1) is 10.3. The second kappa shape index (κ2) is 4.51. The standard InChI is InChI=1S/C11H18N4/c1-14-6-8-15(9-7-14)11-4-2-10(13-12)3-5-11/h2-5,13H,6-9,12H2,1H3. The Morgan fingerprint density at radius 3 is 2.20 bits per heavy atom. The van der Waals surface area contributed by atoms with E-state index < -0.39 is 0 Å². The number of nitrogens with zero attached hydrogens (tertiary/aromatic N) is 2. The lowest BCUT2D eigenvalue weighted by Gasteiger charge is -2.34. The lowest BCUT2D eigenvalue weighted by molar-refractivity contribution is 0.313. The Hall–Kier alpha value is -1.26. The minimum Gasteiger partial charge on any atom is -0.369 e. The van der Waals surface area contributed by atoms with Gasteiger partial charge in [0.2, 0.25) is 0 Å². The molecule has 1 aromatic carbocycles. The molecule has 0 radical (unpaired) electrons. The second-order valence-corrected chi connectivity index (χ2v) is 3.98. The number of nitrogens with one attached hydrogen (secondary N) is 1. The van der Waals surface area contributed by atoms with Crippen LogP contribution in [0.3, 0.4) is 0 Å². The lowest BCUT2D eigenvalue weighted by Crippen LogP contribution is -2.44. The minimum absolute atomic E-state index is 0.952. The molecule has 0 unspecified atom stereocenters. The van der Waals surface area contributed by atoms with Gasteiger partial charge in [-0.05, 0) is 31.3 Å². The van der Waals surface area contributed by atoms with Crippen LogP contribution in [-0.2, 0) is 0 Å². The highest BCUT2D eigenvalue weighted by Crippen LogP contribution is 2.18. The molecule has 0 bridgehead atoms. The van der Waals surface area contributed by atoms with Gasteiger partial charge in [-0.3, -0.25) is 5.84 Å². The van der Waals surface area contributed by atoms with E-state index in [0.29, 0.717) is 0 Å². The van der Waals surface area contributed by atoms with E-state index in [1.54, 1.807) is 0 Å². The number of piperazine rings is 1. The molecule has 0 aromatic heterocycles. The Morgan fingerprint density at radius 1 is 1.07 bits per heavy atom. The summed E-state index contributed by atoms with van der Waals surface area (Å²) >= 11 is 0. The molecule has 1 saturated heterocycles. The summed E-state index contributed by atoms with van der Waals surface area (Å²) < 4.78 is 0. The van der Waals surface area contributed by atoms with Crippen molar-refractivity contribution in [3.05, 3.63) is 24.3 Å². The second-order valence-electron chi connectivity index (χ2n) is 3.98. The molecular weight excluding hydrogens is 188 g/mol. The molecule has 82 valence electrons. The number of benzene rings is 1. The molecule has 0 saturated carbocycles. The van der Waals surface area contributed by atoms with Crippen LogP contribution in [0.25, 0.3) is 0 Å². The predicted octanol–water partition coefficient (Wildman–Crippen LogP) is 0.724. The molecule has 3 N–H and O–H groups in total. The number of hydrogen-bond acceptors (Lipinski definition) is 4. The zero-order valence-electron chi connectivity index (χ0n) is 9.11. The van der Waals surface area contributed by atoms with E-state index in [1.807, 2.05) is 12.1 Å². The Bertz CT molecular complexity index is 301. The first-order chi connectivity index (χ1) is 7.29. The summed E-state index contributed by atoms with van der Waals surface area (Å²) in [5, 5.41) is 0. The summed E-state index contributed by atoms with van der Waals surface area (Å²) in [6, 6.07) is 8.24. The fourth-order valence-electron chi connectivity index (χ4n) is 1.83.